The lowest BCUT2D eigenvalue weighted by Crippen LogP contribution is -1.93. The van der Waals surface area contributed by atoms with Crippen molar-refractivity contribution in [2.75, 3.05) is 0 Å². The Morgan fingerprint density at radius 2 is 0.500 bits per heavy atom. The van der Waals surface area contributed by atoms with Crippen LogP contribution in [0.3, 0.4) is 0 Å². The van der Waals surface area contributed by atoms with Gasteiger partial charge in [0.25, 0.3) is 0 Å². The number of fused-ring (bicyclic) bond motifs is 3. The van der Waals surface area contributed by atoms with E-state index in [0.717, 1.165) is 134 Å². The Morgan fingerprint density at radius 3 is 0.757 bits per heavy atom. The highest BCUT2D eigenvalue weighted by atomic mass is 16.3. The second-order valence-corrected chi connectivity index (χ2v) is 17.2. The number of hydrogen-bond donors (Lipinski definition) is 0. The number of rotatable bonds is 9. The summed E-state index contributed by atoms with van der Waals surface area (Å²) >= 11 is 0. The van der Waals surface area contributed by atoms with E-state index in [1.165, 1.54) is 0 Å². The van der Waals surface area contributed by atoms with E-state index in [4.69, 9.17) is 28.2 Å². The minimum absolute atomic E-state index is 0. The Bertz CT molecular complexity index is 3490. The standard InChI is InChI=1S/C63H39N3O3.B/c1-10-22-58-40(13-1)34-61(67-58)55-28-25-43(37-64-55)49-16-4-7-19-52(49)46-31-47(53-20-8-5-17-50(53)44-26-29-56(65-38-44)62-35-41-14-2-11-23-59(41)68-62)33-48(32-46)54-21-9-6-18-51(54)45-27-30-57(66-39-45)63-36-42-15-3-12-24-60(42)69-63;/h1-39H;. The Morgan fingerprint density at radius 1 is 0.243 bits per heavy atom. The van der Waals surface area contributed by atoms with E-state index in [9.17, 15) is 0 Å². The molecule has 0 aliphatic rings. The van der Waals surface area contributed by atoms with Crippen molar-refractivity contribution in [3.63, 3.8) is 0 Å². The van der Waals surface area contributed by atoms with Crippen molar-refractivity contribution in [3.8, 4) is 101 Å². The molecule has 0 saturated carbocycles. The fraction of sp³-hybridized carbons (Fsp3) is 0. The predicted octanol–water partition coefficient (Wildman–Crippen LogP) is 16.7. The molecule has 0 bridgehead atoms. The third-order valence-corrected chi connectivity index (χ3v) is 12.9. The minimum Gasteiger partial charge on any atom is -0.454 e. The molecule has 13 rings (SSSR count). The number of pyridine rings is 3. The lowest BCUT2D eigenvalue weighted by Gasteiger charge is -2.18. The van der Waals surface area contributed by atoms with Crippen molar-refractivity contribution in [2.45, 2.75) is 0 Å². The average Bonchev–Trinajstić information content (AvgIpc) is 4.19. The van der Waals surface area contributed by atoms with Gasteiger partial charge in [0.15, 0.2) is 17.3 Å². The number of furan rings is 3. The lowest BCUT2D eigenvalue weighted by atomic mass is 9.86. The second-order valence-electron chi connectivity index (χ2n) is 17.2. The fourth-order valence-electron chi connectivity index (χ4n) is 9.47. The van der Waals surface area contributed by atoms with E-state index in [-0.39, 0.29) is 8.41 Å². The molecule has 327 valence electrons. The van der Waals surface area contributed by atoms with Crippen LogP contribution in [0.25, 0.3) is 134 Å². The summed E-state index contributed by atoms with van der Waals surface area (Å²) in [5.41, 5.74) is 17.6. The zero-order chi connectivity index (χ0) is 45.7. The molecule has 0 unspecified atom stereocenters. The molecule has 0 aliphatic heterocycles. The van der Waals surface area contributed by atoms with Crippen LogP contribution in [0.5, 0.6) is 0 Å². The molecule has 0 N–H and O–H groups in total. The van der Waals surface area contributed by atoms with Crippen molar-refractivity contribution < 1.29 is 13.3 Å². The van der Waals surface area contributed by atoms with Crippen molar-refractivity contribution in [3.05, 3.63) is 237 Å². The zero-order valence-electron chi connectivity index (χ0n) is 37.7. The Balaban J connectivity index is 0.00000505. The molecule has 0 amide bonds. The molecule has 0 aliphatic carbocycles. The van der Waals surface area contributed by atoms with E-state index in [2.05, 4.69) is 127 Å². The summed E-state index contributed by atoms with van der Waals surface area (Å²) < 4.78 is 18.5. The van der Waals surface area contributed by atoms with Crippen LogP contribution in [0.4, 0.5) is 0 Å². The molecule has 0 spiro atoms. The summed E-state index contributed by atoms with van der Waals surface area (Å²) in [4.78, 5) is 14.8. The molecule has 70 heavy (non-hydrogen) atoms. The van der Waals surface area contributed by atoms with Gasteiger partial charge in [0, 0.05) is 59.9 Å². The van der Waals surface area contributed by atoms with E-state index >= 15 is 0 Å². The molecular weight excluding hydrogens is 858 g/mol. The Labute approximate surface area is 405 Å². The largest absolute Gasteiger partial charge is 0.454 e. The topological polar surface area (TPSA) is 78.1 Å². The second kappa shape index (κ2) is 17.7. The molecule has 0 saturated heterocycles. The summed E-state index contributed by atoms with van der Waals surface area (Å²) in [6.07, 6.45) is 5.84. The number of benzene rings is 7. The Kier molecular flexibility index (Phi) is 10.6. The van der Waals surface area contributed by atoms with E-state index in [1.807, 2.05) is 110 Å². The molecule has 7 heteroatoms. The van der Waals surface area contributed by atoms with Gasteiger partial charge < -0.3 is 13.3 Å². The number of para-hydroxylation sites is 3. The van der Waals surface area contributed by atoms with Crippen LogP contribution in [0, 0.1) is 0 Å². The molecule has 6 nitrogen and oxygen atoms in total. The van der Waals surface area contributed by atoms with Crippen LogP contribution in [-0.4, -0.2) is 23.4 Å². The molecule has 7 aromatic carbocycles. The third kappa shape index (κ3) is 7.75. The van der Waals surface area contributed by atoms with Crippen molar-refractivity contribution in [1.29, 1.82) is 0 Å². The molecule has 6 heterocycles. The predicted molar refractivity (Wildman–Crippen MR) is 284 cm³/mol. The van der Waals surface area contributed by atoms with Crippen molar-refractivity contribution in [2.24, 2.45) is 0 Å². The summed E-state index contributed by atoms with van der Waals surface area (Å²) in [5.74, 6) is 2.22. The molecular formula is C63H39BN3O3. The lowest BCUT2D eigenvalue weighted by molar-refractivity contribution is 0.628. The third-order valence-electron chi connectivity index (χ3n) is 12.9. The maximum Gasteiger partial charge on any atom is 0.153 e. The molecule has 13 aromatic rings. The summed E-state index contributed by atoms with van der Waals surface area (Å²) in [7, 11) is 0. The van der Waals surface area contributed by atoms with E-state index in [0.29, 0.717) is 0 Å². The molecule has 6 aromatic heterocycles. The van der Waals surface area contributed by atoms with Crippen LogP contribution >= 0.6 is 0 Å². The van der Waals surface area contributed by atoms with Gasteiger partial charge in [-0.3, -0.25) is 15.0 Å². The Hall–Kier alpha value is -9.33. The van der Waals surface area contributed by atoms with Gasteiger partial charge in [0.1, 0.15) is 33.8 Å². The summed E-state index contributed by atoms with van der Waals surface area (Å²) in [5, 5.41) is 3.15. The van der Waals surface area contributed by atoms with Gasteiger partial charge in [-0.1, -0.05) is 146 Å². The van der Waals surface area contributed by atoms with Gasteiger partial charge in [-0.15, -0.1) is 0 Å². The highest BCUT2D eigenvalue weighted by Gasteiger charge is 2.18. The first-order chi connectivity index (χ1) is 34.1. The molecule has 0 atom stereocenters. The quantitative estimate of drug-likeness (QED) is 0.134. The highest BCUT2D eigenvalue weighted by Crippen LogP contribution is 2.43. The first-order valence-electron chi connectivity index (χ1n) is 22.9. The van der Waals surface area contributed by atoms with E-state index in [1.54, 1.807) is 0 Å². The smallest absolute Gasteiger partial charge is 0.153 e. The number of hydrogen-bond acceptors (Lipinski definition) is 6. The SMILES string of the molecule is [B].c1ccc(-c2cc(-c3ccccc3-c3ccc(-c4cc5ccccc5o4)nc3)cc(-c3ccccc3-c3ccc(-c4cc5ccccc5o4)nc3)c2)c(-c2ccc(-c3cc4ccccc4o3)nc2)c1. The van der Waals surface area contributed by atoms with Crippen LogP contribution in [0.1, 0.15) is 0 Å². The normalized spacial score (nSPS) is 11.3. The van der Waals surface area contributed by atoms with Gasteiger partial charge >= 0.3 is 0 Å². The van der Waals surface area contributed by atoms with Crippen LogP contribution in [0.2, 0.25) is 0 Å². The van der Waals surface area contributed by atoms with Gasteiger partial charge in [0.2, 0.25) is 0 Å². The highest BCUT2D eigenvalue weighted by molar-refractivity contribution is 5.95. The van der Waals surface area contributed by atoms with Gasteiger partial charge in [-0.05, 0) is 123 Å². The van der Waals surface area contributed by atoms with Crippen LogP contribution < -0.4 is 0 Å². The molecule has 0 fully saturated rings. The monoisotopic (exact) mass is 896 g/mol. The minimum atomic E-state index is 0. The van der Waals surface area contributed by atoms with Crippen LogP contribution in [0.15, 0.2) is 250 Å². The zero-order valence-corrected chi connectivity index (χ0v) is 37.7. The summed E-state index contributed by atoms with van der Waals surface area (Å²) in [6.45, 7) is 0. The van der Waals surface area contributed by atoms with Gasteiger partial charge in [-0.25, -0.2) is 0 Å². The summed E-state index contributed by atoms with van der Waals surface area (Å²) in [6, 6.07) is 75.4. The van der Waals surface area contributed by atoms with E-state index < -0.39 is 0 Å². The fourth-order valence-corrected chi connectivity index (χ4v) is 9.47. The number of nitrogens with zero attached hydrogens (tertiary/aromatic N) is 3. The maximum atomic E-state index is 6.18. The first-order valence-corrected chi connectivity index (χ1v) is 22.9. The average molecular weight is 897 g/mol. The number of aromatic nitrogens is 3. The van der Waals surface area contributed by atoms with Crippen molar-refractivity contribution >= 4 is 41.3 Å². The van der Waals surface area contributed by atoms with Gasteiger partial charge in [-0.2, -0.15) is 0 Å². The van der Waals surface area contributed by atoms with Gasteiger partial charge in [0.05, 0.1) is 0 Å². The van der Waals surface area contributed by atoms with Crippen molar-refractivity contribution in [1.82, 2.24) is 15.0 Å². The maximum absolute atomic E-state index is 6.18. The molecule has 3 radical (unpaired) electrons. The van der Waals surface area contributed by atoms with Crippen LogP contribution in [-0.2, 0) is 0 Å². The first kappa shape index (κ1) is 42.1.